The number of anilines is 2. The molecule has 0 spiro atoms. The van der Waals surface area contributed by atoms with Crippen molar-refractivity contribution in [2.24, 2.45) is 0 Å². The van der Waals surface area contributed by atoms with Gasteiger partial charge in [0.25, 0.3) is 10.9 Å². The molecule has 5 rings (SSSR count). The van der Waals surface area contributed by atoms with E-state index >= 15 is 0 Å². The smallest absolute Gasteiger partial charge is 0.355 e. The molecular weight excluding hydrogens is 508 g/mol. The van der Waals surface area contributed by atoms with Gasteiger partial charge in [-0.05, 0) is 34.9 Å². The zero-order chi connectivity index (χ0) is 26.9. The van der Waals surface area contributed by atoms with Crippen molar-refractivity contribution in [1.82, 2.24) is 19.2 Å². The van der Waals surface area contributed by atoms with Gasteiger partial charge in [0.15, 0.2) is 5.69 Å². The number of methoxy groups -OCH3 is 1. The molecule has 2 aromatic carbocycles. The largest absolute Gasteiger partial charge is 0.492 e. The number of fused-ring (bicyclic) bond motifs is 2. The number of carbonyl (C=O) groups excluding carboxylic acids is 1. The first-order valence-corrected chi connectivity index (χ1v) is 11.2. The van der Waals surface area contributed by atoms with Crippen LogP contribution >= 0.6 is 11.8 Å². The third-order valence-corrected chi connectivity index (χ3v) is 5.97. The van der Waals surface area contributed by atoms with Crippen molar-refractivity contribution in [2.45, 2.75) is 19.5 Å². The lowest BCUT2D eigenvalue weighted by molar-refractivity contribution is 0.0592. The number of imidazole rings is 1. The van der Waals surface area contributed by atoms with Crippen LogP contribution in [0.2, 0.25) is 0 Å². The molecule has 0 saturated carbocycles. The summed E-state index contributed by atoms with van der Waals surface area (Å²) in [5.41, 5.74) is 8.11. The van der Waals surface area contributed by atoms with Crippen LogP contribution in [-0.4, -0.2) is 50.2 Å². The summed E-state index contributed by atoms with van der Waals surface area (Å²) < 4.78 is 5.64. The number of carboxylic acids is 1. The Morgan fingerprint density at radius 3 is 2.59 bits per heavy atom. The average Bonchev–Trinajstić information content (AvgIpc) is 3.28. The van der Waals surface area contributed by atoms with E-state index in [9.17, 15) is 24.3 Å². The summed E-state index contributed by atoms with van der Waals surface area (Å²) in [7, 11) is 1.16. The predicted molar refractivity (Wildman–Crippen MR) is 133 cm³/mol. The van der Waals surface area contributed by atoms with Gasteiger partial charge in [-0.3, -0.25) is 14.0 Å². The van der Waals surface area contributed by atoms with E-state index in [0.29, 0.717) is 25.3 Å². The molecule has 192 valence electrons. The fourth-order valence-corrected chi connectivity index (χ4v) is 4.18. The van der Waals surface area contributed by atoms with Crippen molar-refractivity contribution in [1.29, 1.82) is 0 Å². The van der Waals surface area contributed by atoms with E-state index in [1.54, 1.807) is 0 Å². The Hall–Kier alpha value is -4.49. The lowest BCUT2D eigenvalue weighted by Gasteiger charge is -2.31. The summed E-state index contributed by atoms with van der Waals surface area (Å²) in [6.07, 6.45) is 1.97. The molecule has 5 N–H and O–H groups in total. The second-order valence-electron chi connectivity index (χ2n) is 8.10. The number of nitrogens with zero attached hydrogens (tertiary/aromatic N) is 4. The SMILES string of the molecule is COC(=O)c1cc(C(=O)O)nc2nc(O)cn12.Nc1c(N2CCc3ccc(CNCl)cc3C2)c(=O)c1=O. The number of rotatable bonds is 5. The fourth-order valence-electron chi connectivity index (χ4n) is 4.02. The van der Waals surface area contributed by atoms with Gasteiger partial charge in [0.1, 0.15) is 17.1 Å². The van der Waals surface area contributed by atoms with Crippen molar-refractivity contribution >= 4 is 40.9 Å². The number of nitrogens with one attached hydrogen (secondary N) is 1. The Morgan fingerprint density at radius 1 is 1.19 bits per heavy atom. The first-order valence-electron chi connectivity index (χ1n) is 10.8. The molecule has 3 heterocycles. The molecule has 0 saturated heterocycles. The molecule has 0 bridgehead atoms. The van der Waals surface area contributed by atoms with Crippen molar-refractivity contribution in [3.63, 3.8) is 0 Å². The number of aromatic hydroxyl groups is 1. The Morgan fingerprint density at radius 2 is 1.95 bits per heavy atom. The van der Waals surface area contributed by atoms with Crippen LogP contribution in [0.15, 0.2) is 40.1 Å². The van der Waals surface area contributed by atoms with Crippen LogP contribution < -0.4 is 26.3 Å². The van der Waals surface area contributed by atoms with Crippen LogP contribution in [0.4, 0.5) is 11.4 Å². The highest BCUT2D eigenvalue weighted by molar-refractivity contribution is 6.13. The minimum Gasteiger partial charge on any atom is -0.492 e. The molecule has 1 aliphatic rings. The van der Waals surface area contributed by atoms with Gasteiger partial charge in [0.05, 0.1) is 13.3 Å². The number of nitrogen functional groups attached to an aromatic ring is 1. The molecule has 0 unspecified atom stereocenters. The summed E-state index contributed by atoms with van der Waals surface area (Å²) in [5.74, 6) is -2.52. The second kappa shape index (κ2) is 10.2. The Bertz CT molecular complexity index is 1590. The first kappa shape index (κ1) is 25.6. The second-order valence-corrected chi connectivity index (χ2v) is 8.37. The van der Waals surface area contributed by atoms with Crippen molar-refractivity contribution in [3.05, 3.63) is 79.0 Å². The zero-order valence-electron chi connectivity index (χ0n) is 19.4. The number of halogens is 1. The van der Waals surface area contributed by atoms with Crippen LogP contribution in [0, 0.1) is 0 Å². The Labute approximate surface area is 213 Å². The monoisotopic (exact) mass is 528 g/mol. The summed E-state index contributed by atoms with van der Waals surface area (Å²) in [6, 6.07) is 7.23. The topological polar surface area (TPSA) is 189 Å². The number of carbonyl (C=O) groups is 2. The molecule has 37 heavy (non-hydrogen) atoms. The highest BCUT2D eigenvalue weighted by Gasteiger charge is 2.26. The van der Waals surface area contributed by atoms with Gasteiger partial charge >= 0.3 is 11.9 Å². The third kappa shape index (κ3) is 4.94. The number of aromatic nitrogens is 3. The molecular formula is C23H21ClN6O7. The van der Waals surface area contributed by atoms with Gasteiger partial charge in [-0.2, -0.15) is 4.98 Å². The predicted octanol–water partition coefficient (Wildman–Crippen LogP) is 0.591. The average molecular weight is 529 g/mol. The van der Waals surface area contributed by atoms with Crippen LogP contribution in [0.3, 0.4) is 0 Å². The molecule has 4 aromatic rings. The number of aromatic carboxylic acids is 1. The summed E-state index contributed by atoms with van der Waals surface area (Å²) in [6.45, 7) is 1.88. The van der Waals surface area contributed by atoms with Gasteiger partial charge in [-0.15, -0.1) is 0 Å². The van der Waals surface area contributed by atoms with E-state index in [1.165, 1.54) is 5.56 Å². The molecule has 0 fully saturated rings. The van der Waals surface area contributed by atoms with E-state index in [0.717, 1.165) is 41.3 Å². The maximum Gasteiger partial charge on any atom is 0.355 e. The van der Waals surface area contributed by atoms with Crippen molar-refractivity contribution in [2.75, 3.05) is 24.3 Å². The summed E-state index contributed by atoms with van der Waals surface area (Å²) >= 11 is 5.52. The minimum absolute atomic E-state index is 0.0808. The highest BCUT2D eigenvalue weighted by atomic mass is 35.5. The van der Waals surface area contributed by atoms with Gasteiger partial charge in [0, 0.05) is 25.7 Å². The van der Waals surface area contributed by atoms with E-state index in [4.69, 9.17) is 22.6 Å². The molecule has 2 aromatic heterocycles. The lowest BCUT2D eigenvalue weighted by atomic mass is 9.96. The van der Waals surface area contributed by atoms with Gasteiger partial charge in [-0.1, -0.05) is 18.2 Å². The summed E-state index contributed by atoms with van der Waals surface area (Å²) in [4.78, 5) is 56.8. The quantitative estimate of drug-likeness (QED) is 0.160. The number of nitrogens with two attached hydrogens (primary N) is 1. The molecule has 13 nitrogen and oxygen atoms in total. The number of carboxylic acid groups (broad SMARTS) is 1. The number of hydrogen-bond donors (Lipinski definition) is 4. The van der Waals surface area contributed by atoms with Crippen LogP contribution in [-0.2, 0) is 24.2 Å². The standard InChI is InChI=1S/C14H14ClN3O2.C9H7N3O5/c15-17-6-8-1-2-9-3-4-18(7-10(9)5-8)12-11(16)13(19)14(12)20;1-17-8(16)5-2-4(7(14)15)10-9-11-6(13)3-12(5)9/h1-2,5,17H,3-4,6-7,16H2;2-3,13H,1H3,(H,14,15). The van der Waals surface area contributed by atoms with E-state index < -0.39 is 22.8 Å². The third-order valence-electron chi connectivity index (χ3n) is 5.83. The van der Waals surface area contributed by atoms with E-state index in [2.05, 4.69) is 31.7 Å². The fraction of sp³-hybridized carbons (Fsp3) is 0.217. The van der Waals surface area contributed by atoms with E-state index in [-0.39, 0.29) is 28.7 Å². The van der Waals surface area contributed by atoms with Gasteiger partial charge < -0.3 is 25.6 Å². The number of hydrogen-bond acceptors (Lipinski definition) is 11. The lowest BCUT2D eigenvalue weighted by Crippen LogP contribution is -2.44. The summed E-state index contributed by atoms with van der Waals surface area (Å²) in [5, 5.41) is 18.0. The normalized spacial score (nSPS) is 12.6. The van der Waals surface area contributed by atoms with Crippen molar-refractivity contribution in [3.8, 4) is 5.88 Å². The van der Waals surface area contributed by atoms with Gasteiger partial charge in [-0.25, -0.2) is 19.4 Å². The Kier molecular flexibility index (Phi) is 7.09. The highest BCUT2D eigenvalue weighted by Crippen LogP contribution is 2.26. The molecule has 0 aliphatic carbocycles. The minimum atomic E-state index is -1.31. The van der Waals surface area contributed by atoms with Crippen molar-refractivity contribution < 1.29 is 24.5 Å². The molecule has 0 amide bonds. The Balaban J connectivity index is 0.000000176. The number of ether oxygens (including phenoxy) is 1. The van der Waals surface area contributed by atoms with Crippen LogP contribution in [0.1, 0.15) is 37.7 Å². The first-order chi connectivity index (χ1) is 17.6. The zero-order valence-corrected chi connectivity index (χ0v) is 20.2. The number of benzene rings is 1. The van der Waals surface area contributed by atoms with Crippen LogP contribution in [0.25, 0.3) is 5.78 Å². The van der Waals surface area contributed by atoms with Crippen LogP contribution in [0.5, 0.6) is 5.88 Å². The number of esters is 1. The maximum absolute atomic E-state index is 11.6. The molecule has 0 radical (unpaired) electrons. The molecule has 0 atom stereocenters. The molecule has 14 heteroatoms. The maximum atomic E-state index is 11.6. The van der Waals surface area contributed by atoms with E-state index in [1.807, 2.05) is 11.0 Å². The molecule has 1 aliphatic heterocycles. The van der Waals surface area contributed by atoms with Gasteiger partial charge in [0.2, 0.25) is 11.7 Å².